The zero-order chi connectivity index (χ0) is 13.8. The fraction of sp³-hybridized carbons (Fsp3) is 0. The Balaban J connectivity index is 2.22. The van der Waals surface area contributed by atoms with Gasteiger partial charge in [-0.1, -0.05) is 18.2 Å². The van der Waals surface area contributed by atoms with Gasteiger partial charge in [-0.25, -0.2) is 9.59 Å². The molecule has 0 aromatic heterocycles. The molecule has 2 aromatic rings. The highest BCUT2D eigenvalue weighted by molar-refractivity contribution is 9.10. The maximum absolute atomic E-state index is 11.9. The predicted molar refractivity (Wildman–Crippen MR) is 72.5 cm³/mol. The molecule has 19 heavy (non-hydrogen) atoms. The van der Waals surface area contributed by atoms with Crippen LogP contribution in [0.15, 0.2) is 53.0 Å². The quantitative estimate of drug-likeness (QED) is 0.695. The topological polar surface area (TPSA) is 63.6 Å². The molecule has 0 spiro atoms. The van der Waals surface area contributed by atoms with E-state index in [1.807, 2.05) is 6.07 Å². The van der Waals surface area contributed by atoms with Crippen LogP contribution in [0.5, 0.6) is 5.75 Å². The average molecular weight is 321 g/mol. The summed E-state index contributed by atoms with van der Waals surface area (Å²) in [5.41, 5.74) is 0.372. The van der Waals surface area contributed by atoms with Gasteiger partial charge in [-0.15, -0.1) is 0 Å². The maximum atomic E-state index is 11.9. The minimum Gasteiger partial charge on any atom is -0.478 e. The van der Waals surface area contributed by atoms with Crippen LogP contribution >= 0.6 is 15.9 Å². The number of carbonyl (C=O) groups is 2. The second-order valence-electron chi connectivity index (χ2n) is 3.70. The van der Waals surface area contributed by atoms with Gasteiger partial charge in [-0.3, -0.25) is 0 Å². The first-order chi connectivity index (χ1) is 9.08. The molecule has 0 fully saturated rings. The van der Waals surface area contributed by atoms with Crippen LogP contribution in [0.2, 0.25) is 0 Å². The Bertz CT molecular complexity index is 623. The van der Waals surface area contributed by atoms with Crippen LogP contribution in [0.1, 0.15) is 20.7 Å². The van der Waals surface area contributed by atoms with Crippen LogP contribution in [-0.4, -0.2) is 17.0 Å². The van der Waals surface area contributed by atoms with Crippen molar-refractivity contribution < 1.29 is 19.4 Å². The number of rotatable bonds is 3. The molecule has 5 heteroatoms. The molecule has 0 bridgehead atoms. The number of halogens is 1. The molecule has 0 aliphatic rings. The lowest BCUT2D eigenvalue weighted by Crippen LogP contribution is -2.10. The monoisotopic (exact) mass is 320 g/mol. The minimum absolute atomic E-state index is 0.100. The first-order valence-corrected chi connectivity index (χ1v) is 6.17. The number of aromatic carboxylic acids is 1. The Morgan fingerprint density at radius 3 is 2.32 bits per heavy atom. The van der Waals surface area contributed by atoms with Crippen molar-refractivity contribution in [2.24, 2.45) is 0 Å². The molecule has 4 nitrogen and oxygen atoms in total. The molecule has 0 radical (unpaired) electrons. The number of hydrogen-bond acceptors (Lipinski definition) is 3. The Hall–Kier alpha value is -2.14. The number of para-hydroxylation sites is 1. The number of esters is 1. The van der Waals surface area contributed by atoms with Crippen LogP contribution in [-0.2, 0) is 0 Å². The van der Waals surface area contributed by atoms with Gasteiger partial charge >= 0.3 is 11.9 Å². The molecule has 2 rings (SSSR count). The van der Waals surface area contributed by atoms with Gasteiger partial charge in [0.05, 0.1) is 11.1 Å². The fourth-order valence-corrected chi connectivity index (χ4v) is 2.00. The lowest BCUT2D eigenvalue weighted by molar-refractivity contribution is 0.0691. The Labute approximate surface area is 117 Å². The summed E-state index contributed by atoms with van der Waals surface area (Å²) in [6.45, 7) is 0. The fourth-order valence-electron chi connectivity index (χ4n) is 1.46. The summed E-state index contributed by atoms with van der Waals surface area (Å²) < 4.78 is 5.55. The lowest BCUT2D eigenvalue weighted by Gasteiger charge is -2.06. The van der Waals surface area contributed by atoms with E-state index < -0.39 is 11.9 Å². The second kappa shape index (κ2) is 5.67. The first kappa shape index (κ1) is 13.3. The highest BCUT2D eigenvalue weighted by atomic mass is 79.9. The van der Waals surface area contributed by atoms with E-state index in [4.69, 9.17) is 9.84 Å². The second-order valence-corrected chi connectivity index (χ2v) is 4.56. The first-order valence-electron chi connectivity index (χ1n) is 5.38. The molecule has 1 N–H and O–H groups in total. The van der Waals surface area contributed by atoms with Gasteiger partial charge in [0, 0.05) is 4.47 Å². The maximum Gasteiger partial charge on any atom is 0.344 e. The Kier molecular flexibility index (Phi) is 3.97. The number of carbonyl (C=O) groups excluding carboxylic acids is 1. The van der Waals surface area contributed by atoms with Crippen LogP contribution in [0.3, 0.4) is 0 Å². The van der Waals surface area contributed by atoms with Gasteiger partial charge in [-0.05, 0) is 46.3 Å². The van der Waals surface area contributed by atoms with Crippen molar-refractivity contribution in [3.8, 4) is 5.75 Å². The third-order valence-corrected chi connectivity index (χ3v) is 3.05. The summed E-state index contributed by atoms with van der Waals surface area (Å²) in [5.74, 6) is -1.17. The van der Waals surface area contributed by atoms with Gasteiger partial charge in [0.2, 0.25) is 0 Å². The molecule has 0 saturated heterocycles. The molecule has 96 valence electrons. The van der Waals surface area contributed by atoms with Gasteiger partial charge < -0.3 is 9.84 Å². The molecular formula is C14H9BrO4. The van der Waals surface area contributed by atoms with E-state index in [-0.39, 0.29) is 11.1 Å². The van der Waals surface area contributed by atoms with Gasteiger partial charge in [0.1, 0.15) is 5.75 Å². The molecule has 0 amide bonds. The Morgan fingerprint density at radius 2 is 1.74 bits per heavy atom. The molecule has 2 aromatic carbocycles. The summed E-state index contributed by atoms with van der Waals surface area (Å²) in [5, 5.41) is 8.84. The van der Waals surface area contributed by atoms with Crippen LogP contribution in [0.25, 0.3) is 0 Å². The number of carboxylic acid groups (broad SMARTS) is 1. The summed E-state index contributed by atoms with van der Waals surface area (Å²) in [6, 6.07) is 12.8. The minimum atomic E-state index is -1.05. The normalized spacial score (nSPS) is 9.95. The number of carboxylic acids is 1. The van der Waals surface area contributed by atoms with Crippen LogP contribution in [0, 0.1) is 0 Å². The van der Waals surface area contributed by atoms with Gasteiger partial charge in [-0.2, -0.15) is 0 Å². The molecule has 0 aliphatic carbocycles. The molecule has 0 atom stereocenters. The largest absolute Gasteiger partial charge is 0.478 e. The molecular weight excluding hydrogens is 312 g/mol. The number of ether oxygens (including phenoxy) is 1. The van der Waals surface area contributed by atoms with E-state index in [2.05, 4.69) is 15.9 Å². The Morgan fingerprint density at radius 1 is 1.05 bits per heavy atom. The van der Waals surface area contributed by atoms with E-state index in [1.54, 1.807) is 24.3 Å². The predicted octanol–water partition coefficient (Wildman–Crippen LogP) is 3.37. The summed E-state index contributed by atoms with van der Waals surface area (Å²) in [4.78, 5) is 22.7. The molecule has 0 saturated carbocycles. The zero-order valence-electron chi connectivity index (χ0n) is 9.67. The highest BCUT2D eigenvalue weighted by Crippen LogP contribution is 2.21. The third-order valence-electron chi connectivity index (χ3n) is 2.39. The average Bonchev–Trinajstić information content (AvgIpc) is 2.39. The lowest BCUT2D eigenvalue weighted by atomic mass is 10.1. The number of benzene rings is 2. The summed E-state index contributed by atoms with van der Waals surface area (Å²) in [6.07, 6.45) is 0. The van der Waals surface area contributed by atoms with Crippen LogP contribution < -0.4 is 4.74 Å². The van der Waals surface area contributed by atoms with E-state index in [0.717, 1.165) is 0 Å². The van der Waals surface area contributed by atoms with Crippen molar-refractivity contribution in [3.63, 3.8) is 0 Å². The van der Waals surface area contributed by atoms with Crippen molar-refractivity contribution >= 4 is 27.9 Å². The van der Waals surface area contributed by atoms with E-state index in [1.165, 1.54) is 18.2 Å². The van der Waals surface area contributed by atoms with Crippen molar-refractivity contribution in [1.29, 1.82) is 0 Å². The number of hydrogen-bond donors (Lipinski definition) is 1. The van der Waals surface area contributed by atoms with Crippen molar-refractivity contribution in [2.45, 2.75) is 0 Å². The summed E-state index contributed by atoms with van der Waals surface area (Å²) >= 11 is 3.17. The van der Waals surface area contributed by atoms with Crippen LogP contribution in [0.4, 0.5) is 0 Å². The van der Waals surface area contributed by atoms with Crippen molar-refractivity contribution in [3.05, 3.63) is 64.1 Å². The molecule has 0 aliphatic heterocycles. The molecule has 0 unspecified atom stereocenters. The third kappa shape index (κ3) is 3.20. The SMILES string of the molecule is O=C(O)c1ccc(C(=O)Oc2ccccc2)c(Br)c1. The zero-order valence-corrected chi connectivity index (χ0v) is 11.3. The van der Waals surface area contributed by atoms with E-state index in [0.29, 0.717) is 10.2 Å². The smallest absolute Gasteiger partial charge is 0.344 e. The van der Waals surface area contributed by atoms with Crippen molar-refractivity contribution in [2.75, 3.05) is 0 Å². The highest BCUT2D eigenvalue weighted by Gasteiger charge is 2.14. The van der Waals surface area contributed by atoms with E-state index >= 15 is 0 Å². The van der Waals surface area contributed by atoms with Gasteiger partial charge in [0.15, 0.2) is 0 Å². The van der Waals surface area contributed by atoms with Gasteiger partial charge in [0.25, 0.3) is 0 Å². The van der Waals surface area contributed by atoms with Crippen molar-refractivity contribution in [1.82, 2.24) is 0 Å². The standard InChI is InChI=1S/C14H9BrO4/c15-12-8-9(13(16)17)6-7-11(12)14(18)19-10-4-2-1-3-5-10/h1-8H,(H,16,17). The van der Waals surface area contributed by atoms with E-state index in [9.17, 15) is 9.59 Å². The summed E-state index contributed by atoms with van der Waals surface area (Å²) in [7, 11) is 0. The molecule has 0 heterocycles.